The van der Waals surface area contributed by atoms with E-state index in [2.05, 4.69) is 120 Å². The van der Waals surface area contributed by atoms with Crippen LogP contribution in [-0.4, -0.2) is 37.5 Å². The van der Waals surface area contributed by atoms with Crippen LogP contribution < -0.4 is 14.2 Å². The second-order valence-corrected chi connectivity index (χ2v) is 25.5. The molecule has 2 aromatic carbocycles. The van der Waals surface area contributed by atoms with Crippen molar-refractivity contribution in [2.45, 2.75) is 90.8 Å². The van der Waals surface area contributed by atoms with Crippen LogP contribution in [0.3, 0.4) is 0 Å². The summed E-state index contributed by atoms with van der Waals surface area (Å²) in [5.74, 6) is 1.94. The molecule has 7 heteroatoms. The van der Waals surface area contributed by atoms with Gasteiger partial charge in [-0.05, 0) is 114 Å². The highest BCUT2D eigenvalue weighted by Crippen LogP contribution is 2.25. The van der Waals surface area contributed by atoms with E-state index in [9.17, 15) is 0 Å². The third-order valence-electron chi connectivity index (χ3n) is 5.04. The fraction of sp³-hybridized carbons (Fsp3) is 0.556. The van der Waals surface area contributed by atoms with Crippen molar-refractivity contribution in [2.24, 2.45) is 0 Å². The zero-order valence-electron chi connectivity index (χ0n) is 23.1. The van der Waals surface area contributed by atoms with Crippen molar-refractivity contribution >= 4 is 25.0 Å². The van der Waals surface area contributed by atoms with E-state index < -0.39 is 25.0 Å². The van der Waals surface area contributed by atoms with Crippen LogP contribution in [0.4, 0.5) is 0 Å². The molecule has 4 nitrogen and oxygen atoms in total. The standard InChI is InChI=1S/C27H47NO3Si3/c1-22(11-12-23-13-17-25(18-14-23)29-32(2,3)4)28-21-27(31-34(8,9)10)24-15-19-26(20-16-24)30-33(5,6)7/h13-20,22,27-28H,11-12,21H2,1-10H3. The van der Waals surface area contributed by atoms with Crippen molar-refractivity contribution in [3.05, 3.63) is 59.7 Å². The van der Waals surface area contributed by atoms with E-state index in [1.165, 1.54) is 11.1 Å². The van der Waals surface area contributed by atoms with Gasteiger partial charge >= 0.3 is 0 Å². The van der Waals surface area contributed by atoms with Gasteiger partial charge in [-0.2, -0.15) is 0 Å². The van der Waals surface area contributed by atoms with E-state index in [1.807, 2.05) is 0 Å². The summed E-state index contributed by atoms with van der Waals surface area (Å²) in [6.45, 7) is 23.1. The van der Waals surface area contributed by atoms with Crippen LogP contribution in [0.1, 0.15) is 30.6 Å². The third kappa shape index (κ3) is 11.8. The Morgan fingerprint density at radius 1 is 0.676 bits per heavy atom. The molecule has 0 aliphatic heterocycles. The maximum absolute atomic E-state index is 6.56. The average molecular weight is 518 g/mol. The molecular weight excluding hydrogens is 471 g/mol. The molecule has 0 saturated carbocycles. The predicted molar refractivity (Wildman–Crippen MR) is 154 cm³/mol. The zero-order valence-corrected chi connectivity index (χ0v) is 26.1. The smallest absolute Gasteiger partial charge is 0.242 e. The van der Waals surface area contributed by atoms with Crippen molar-refractivity contribution in [2.75, 3.05) is 6.54 Å². The molecule has 0 heterocycles. The SMILES string of the molecule is CC(CCc1ccc(O[Si](C)(C)C)cc1)NCC(O[Si](C)(C)C)c1ccc(O[Si](C)(C)C)cc1. The van der Waals surface area contributed by atoms with Crippen LogP contribution in [0.2, 0.25) is 58.9 Å². The summed E-state index contributed by atoms with van der Waals surface area (Å²) < 4.78 is 18.8. The van der Waals surface area contributed by atoms with Crippen LogP contribution in [-0.2, 0) is 10.8 Å². The Kier molecular flexibility index (Phi) is 10.2. The second kappa shape index (κ2) is 12.0. The van der Waals surface area contributed by atoms with E-state index in [0.29, 0.717) is 6.04 Å². The highest BCUT2D eigenvalue weighted by atomic mass is 28.4. The fourth-order valence-electron chi connectivity index (χ4n) is 3.63. The Labute approximate surface area is 211 Å². The van der Waals surface area contributed by atoms with Crippen molar-refractivity contribution < 1.29 is 13.3 Å². The molecule has 2 unspecified atom stereocenters. The Hall–Kier alpha value is -1.39. The molecule has 34 heavy (non-hydrogen) atoms. The molecule has 0 aliphatic carbocycles. The summed E-state index contributed by atoms with van der Waals surface area (Å²) in [6.07, 6.45) is 2.17. The number of hydrogen-bond acceptors (Lipinski definition) is 4. The number of nitrogens with one attached hydrogen (secondary N) is 1. The number of benzene rings is 2. The minimum atomic E-state index is -1.69. The first-order valence-electron chi connectivity index (χ1n) is 12.6. The van der Waals surface area contributed by atoms with Crippen LogP contribution >= 0.6 is 0 Å². The van der Waals surface area contributed by atoms with Crippen molar-refractivity contribution in [3.63, 3.8) is 0 Å². The molecule has 0 aromatic heterocycles. The largest absolute Gasteiger partial charge is 0.544 e. The monoisotopic (exact) mass is 517 g/mol. The summed E-state index contributed by atoms with van der Waals surface area (Å²) in [4.78, 5) is 0. The lowest BCUT2D eigenvalue weighted by atomic mass is 10.1. The third-order valence-corrected chi connectivity index (χ3v) is 7.72. The number of rotatable bonds is 13. The van der Waals surface area contributed by atoms with Crippen molar-refractivity contribution in [1.82, 2.24) is 5.32 Å². The predicted octanol–water partition coefficient (Wildman–Crippen LogP) is 7.62. The zero-order chi connectivity index (χ0) is 25.6. The Morgan fingerprint density at radius 2 is 1.15 bits per heavy atom. The minimum Gasteiger partial charge on any atom is -0.544 e. The number of hydrogen-bond donors (Lipinski definition) is 1. The lowest BCUT2D eigenvalue weighted by Gasteiger charge is -2.29. The van der Waals surface area contributed by atoms with E-state index in [-0.39, 0.29) is 6.10 Å². The van der Waals surface area contributed by atoms with Gasteiger partial charge in [-0.15, -0.1) is 0 Å². The molecule has 2 rings (SSSR count). The summed E-state index contributed by atoms with van der Waals surface area (Å²) in [6, 6.07) is 17.5. The molecule has 0 saturated heterocycles. The van der Waals surface area contributed by atoms with Gasteiger partial charge in [0.2, 0.25) is 16.6 Å². The first-order valence-corrected chi connectivity index (χ1v) is 22.8. The maximum atomic E-state index is 6.56. The Morgan fingerprint density at radius 3 is 1.59 bits per heavy atom. The van der Waals surface area contributed by atoms with Crippen LogP contribution in [0, 0.1) is 0 Å². The van der Waals surface area contributed by atoms with Crippen LogP contribution in [0.5, 0.6) is 11.5 Å². The maximum Gasteiger partial charge on any atom is 0.242 e. The van der Waals surface area contributed by atoms with Gasteiger partial charge < -0.3 is 18.6 Å². The molecule has 2 atom stereocenters. The Bertz CT molecular complexity index is 866. The van der Waals surface area contributed by atoms with Gasteiger partial charge in [-0.3, -0.25) is 0 Å². The van der Waals surface area contributed by atoms with Crippen LogP contribution in [0.25, 0.3) is 0 Å². The number of aryl methyl sites for hydroxylation is 1. The van der Waals surface area contributed by atoms with Gasteiger partial charge in [-0.1, -0.05) is 24.3 Å². The quantitative estimate of drug-likeness (QED) is 0.277. The molecule has 2 aromatic rings. The molecule has 1 N–H and O–H groups in total. The van der Waals surface area contributed by atoms with E-state index in [0.717, 1.165) is 30.9 Å². The summed E-state index contributed by atoms with van der Waals surface area (Å²) >= 11 is 0. The van der Waals surface area contributed by atoms with Gasteiger partial charge in [0.05, 0.1) is 6.10 Å². The first kappa shape index (κ1) is 28.8. The summed E-state index contributed by atoms with van der Waals surface area (Å²) in [5.41, 5.74) is 2.56. The van der Waals surface area contributed by atoms with Gasteiger partial charge in [0.25, 0.3) is 0 Å². The van der Waals surface area contributed by atoms with E-state index in [4.69, 9.17) is 13.3 Å². The molecular formula is C27H47NO3Si3. The molecule has 0 bridgehead atoms. The highest BCUT2D eigenvalue weighted by Gasteiger charge is 2.23. The fourth-order valence-corrected chi connectivity index (χ4v) is 6.39. The van der Waals surface area contributed by atoms with Crippen LogP contribution in [0.15, 0.2) is 48.5 Å². The molecule has 0 spiro atoms. The molecule has 0 fully saturated rings. The topological polar surface area (TPSA) is 39.7 Å². The lowest BCUT2D eigenvalue weighted by molar-refractivity contribution is 0.189. The summed E-state index contributed by atoms with van der Waals surface area (Å²) in [7, 11) is -4.86. The van der Waals surface area contributed by atoms with E-state index >= 15 is 0 Å². The minimum absolute atomic E-state index is 0.0491. The van der Waals surface area contributed by atoms with Gasteiger partial charge in [0, 0.05) is 12.6 Å². The lowest BCUT2D eigenvalue weighted by Crippen LogP contribution is -2.36. The summed E-state index contributed by atoms with van der Waals surface area (Å²) in [5, 5.41) is 3.72. The average Bonchev–Trinajstić information content (AvgIpc) is 2.68. The van der Waals surface area contributed by atoms with Crippen molar-refractivity contribution in [3.8, 4) is 11.5 Å². The van der Waals surface area contributed by atoms with Gasteiger partial charge in [0.15, 0.2) is 8.32 Å². The Balaban J connectivity index is 1.93. The molecule has 0 radical (unpaired) electrons. The van der Waals surface area contributed by atoms with Gasteiger partial charge in [-0.25, -0.2) is 0 Å². The van der Waals surface area contributed by atoms with E-state index in [1.54, 1.807) is 0 Å². The molecule has 190 valence electrons. The second-order valence-electron chi connectivity index (χ2n) is 12.2. The van der Waals surface area contributed by atoms with Crippen molar-refractivity contribution in [1.29, 1.82) is 0 Å². The highest BCUT2D eigenvalue weighted by molar-refractivity contribution is 6.71. The normalized spacial score (nSPS) is 14.5. The van der Waals surface area contributed by atoms with Gasteiger partial charge in [0.1, 0.15) is 11.5 Å². The molecule has 0 aliphatic rings. The molecule has 0 amide bonds. The first-order chi connectivity index (χ1) is 15.6.